The van der Waals surface area contributed by atoms with Crippen molar-refractivity contribution in [3.63, 3.8) is 0 Å². The van der Waals surface area contributed by atoms with Crippen LogP contribution in [-0.2, 0) is 28.6 Å². The summed E-state index contributed by atoms with van der Waals surface area (Å²) in [7, 11) is 5.37. The minimum Gasteiger partial charge on any atom is -0.544 e. The first-order chi connectivity index (χ1) is 24.1. The van der Waals surface area contributed by atoms with Gasteiger partial charge in [0.1, 0.15) is 12.6 Å². The summed E-state index contributed by atoms with van der Waals surface area (Å²) >= 11 is 0. The fraction of sp³-hybridized carbons (Fsp3) is 0.643. The molecule has 0 aromatic rings. The summed E-state index contributed by atoms with van der Waals surface area (Å²) in [6.45, 7) is 4.41. The number of rotatable bonds is 32. The fourth-order valence-electron chi connectivity index (χ4n) is 5.04. The maximum atomic E-state index is 12.6. The number of aliphatic carboxylic acids is 1. The van der Waals surface area contributed by atoms with E-state index in [2.05, 4.69) is 26.0 Å². The average molecular weight is 700 g/mol. The van der Waals surface area contributed by atoms with Crippen LogP contribution in [0.5, 0.6) is 0 Å². The molecular formula is C42H69NO7. The fourth-order valence-corrected chi connectivity index (χ4v) is 5.04. The Labute approximate surface area is 304 Å². The first-order valence-corrected chi connectivity index (χ1v) is 19.0. The first kappa shape index (κ1) is 46.8. The number of carbonyl (C=O) groups is 3. The second kappa shape index (κ2) is 32.9. The van der Waals surface area contributed by atoms with Gasteiger partial charge in [0.15, 0.2) is 6.10 Å². The number of hydrogen-bond acceptors (Lipinski definition) is 7. The standard InChI is InChI=1S/C42H69NO7/c1-6-8-10-12-14-16-17-18-19-20-21-22-23-25-27-29-31-33-41(45)50-38(36-48-35-34-39(42(46)47)43(3,4)5)37-49-40(44)32-30-28-26-24-15-13-11-9-7-2/h8,10,12,14,16-23,38-39H,6-7,9,11,13,15,24-37H2,1-5H3/b10-8+,14-12+,17-16+,19-18+,21-20+,23-22+. The van der Waals surface area contributed by atoms with Gasteiger partial charge in [-0.2, -0.15) is 0 Å². The molecule has 0 spiro atoms. The molecule has 0 aliphatic carbocycles. The van der Waals surface area contributed by atoms with E-state index in [9.17, 15) is 19.5 Å². The Morgan fingerprint density at radius 1 is 0.620 bits per heavy atom. The summed E-state index contributed by atoms with van der Waals surface area (Å²) in [6.07, 6.45) is 39.3. The van der Waals surface area contributed by atoms with Gasteiger partial charge >= 0.3 is 11.9 Å². The van der Waals surface area contributed by atoms with E-state index in [0.717, 1.165) is 44.9 Å². The van der Waals surface area contributed by atoms with Gasteiger partial charge in [0.2, 0.25) is 0 Å². The van der Waals surface area contributed by atoms with Gasteiger partial charge in [-0.25, -0.2) is 0 Å². The molecule has 50 heavy (non-hydrogen) atoms. The Morgan fingerprint density at radius 2 is 1.12 bits per heavy atom. The molecule has 0 aliphatic rings. The lowest BCUT2D eigenvalue weighted by Crippen LogP contribution is -2.55. The van der Waals surface area contributed by atoms with E-state index in [1.54, 1.807) is 21.1 Å². The number of carbonyl (C=O) groups excluding carboxylic acids is 3. The van der Waals surface area contributed by atoms with Crippen molar-refractivity contribution in [1.82, 2.24) is 0 Å². The van der Waals surface area contributed by atoms with Crippen LogP contribution >= 0.6 is 0 Å². The number of hydrogen-bond donors (Lipinski definition) is 0. The van der Waals surface area contributed by atoms with E-state index in [1.165, 1.54) is 38.5 Å². The topological polar surface area (TPSA) is 102 Å². The van der Waals surface area contributed by atoms with E-state index in [1.807, 2.05) is 60.8 Å². The van der Waals surface area contributed by atoms with Crippen LogP contribution in [0.25, 0.3) is 0 Å². The van der Waals surface area contributed by atoms with Crippen LogP contribution in [-0.4, -0.2) is 75.5 Å². The van der Waals surface area contributed by atoms with Crippen LogP contribution in [0, 0.1) is 0 Å². The molecule has 0 saturated heterocycles. The molecule has 0 radical (unpaired) electrons. The number of quaternary nitrogens is 1. The predicted octanol–water partition coefficient (Wildman–Crippen LogP) is 8.29. The van der Waals surface area contributed by atoms with E-state index in [4.69, 9.17) is 14.2 Å². The van der Waals surface area contributed by atoms with Crippen LogP contribution in [0.1, 0.15) is 123 Å². The summed E-state index contributed by atoms with van der Waals surface area (Å²) in [5.41, 5.74) is 0. The van der Waals surface area contributed by atoms with Crippen molar-refractivity contribution >= 4 is 17.9 Å². The Bertz CT molecular complexity index is 1050. The van der Waals surface area contributed by atoms with E-state index >= 15 is 0 Å². The Balaban J connectivity index is 4.54. The summed E-state index contributed by atoms with van der Waals surface area (Å²) in [6, 6.07) is -0.735. The van der Waals surface area contributed by atoms with E-state index in [-0.39, 0.29) is 49.1 Å². The average Bonchev–Trinajstić information content (AvgIpc) is 3.06. The molecule has 0 N–H and O–H groups in total. The van der Waals surface area contributed by atoms with Crippen LogP contribution in [0.3, 0.4) is 0 Å². The highest BCUT2D eigenvalue weighted by Crippen LogP contribution is 2.12. The maximum absolute atomic E-state index is 12.6. The molecule has 2 unspecified atom stereocenters. The van der Waals surface area contributed by atoms with Gasteiger partial charge in [0, 0.05) is 19.3 Å². The van der Waals surface area contributed by atoms with Crippen LogP contribution in [0.15, 0.2) is 72.9 Å². The predicted molar refractivity (Wildman–Crippen MR) is 203 cm³/mol. The number of allylic oxidation sites excluding steroid dienone is 12. The summed E-state index contributed by atoms with van der Waals surface area (Å²) in [5, 5.41) is 11.6. The van der Waals surface area contributed by atoms with Crippen molar-refractivity contribution in [1.29, 1.82) is 0 Å². The Kier molecular flexibility index (Phi) is 30.8. The summed E-state index contributed by atoms with van der Waals surface area (Å²) in [5.74, 6) is -1.81. The molecule has 0 rings (SSSR count). The zero-order valence-corrected chi connectivity index (χ0v) is 32.0. The molecule has 0 aliphatic heterocycles. The number of likely N-dealkylation sites (N-methyl/N-ethyl adjacent to an activating group) is 1. The molecule has 0 amide bonds. The third-order valence-corrected chi connectivity index (χ3v) is 8.02. The van der Waals surface area contributed by atoms with Crippen LogP contribution in [0.2, 0.25) is 0 Å². The summed E-state index contributed by atoms with van der Waals surface area (Å²) in [4.78, 5) is 36.6. The highest BCUT2D eigenvalue weighted by Gasteiger charge is 2.25. The third kappa shape index (κ3) is 30.8. The van der Waals surface area contributed by atoms with E-state index < -0.39 is 18.1 Å². The van der Waals surface area contributed by atoms with Gasteiger partial charge < -0.3 is 28.6 Å². The lowest BCUT2D eigenvalue weighted by molar-refractivity contribution is -0.889. The second-order valence-corrected chi connectivity index (χ2v) is 13.6. The normalized spacial score (nSPS) is 13.9. The van der Waals surface area contributed by atoms with Crippen molar-refractivity contribution < 1.29 is 38.2 Å². The van der Waals surface area contributed by atoms with Gasteiger partial charge in [-0.3, -0.25) is 9.59 Å². The zero-order valence-electron chi connectivity index (χ0n) is 32.0. The largest absolute Gasteiger partial charge is 0.544 e. The molecule has 0 fully saturated rings. The quantitative estimate of drug-likeness (QED) is 0.0301. The van der Waals surface area contributed by atoms with Gasteiger partial charge in [0.05, 0.1) is 40.3 Å². The second-order valence-electron chi connectivity index (χ2n) is 13.6. The van der Waals surface area contributed by atoms with Gasteiger partial charge in [-0.1, -0.05) is 145 Å². The van der Waals surface area contributed by atoms with Crippen molar-refractivity contribution in [2.45, 2.75) is 135 Å². The van der Waals surface area contributed by atoms with Crippen LogP contribution in [0.4, 0.5) is 0 Å². The molecule has 0 aromatic heterocycles. The van der Waals surface area contributed by atoms with Gasteiger partial charge in [0.25, 0.3) is 0 Å². The van der Waals surface area contributed by atoms with Crippen molar-refractivity contribution in [3.8, 4) is 0 Å². The molecule has 0 saturated carbocycles. The lowest BCUT2D eigenvalue weighted by Gasteiger charge is -2.34. The zero-order chi connectivity index (χ0) is 37.1. The number of carboxylic acids is 1. The number of unbranched alkanes of at least 4 members (excludes halogenated alkanes) is 11. The molecular weight excluding hydrogens is 630 g/mol. The minimum absolute atomic E-state index is 0.0193. The molecule has 2 atom stereocenters. The number of esters is 2. The van der Waals surface area contributed by atoms with Crippen molar-refractivity contribution in [3.05, 3.63) is 72.9 Å². The highest BCUT2D eigenvalue weighted by molar-refractivity contribution is 5.70. The van der Waals surface area contributed by atoms with Gasteiger partial charge in [-0.15, -0.1) is 0 Å². The van der Waals surface area contributed by atoms with Crippen molar-refractivity contribution in [2.75, 3.05) is 41.0 Å². The third-order valence-electron chi connectivity index (χ3n) is 8.02. The lowest BCUT2D eigenvalue weighted by atomic mass is 10.1. The Hall–Kier alpha value is -3.23. The molecule has 8 heteroatoms. The monoisotopic (exact) mass is 700 g/mol. The molecule has 8 nitrogen and oxygen atoms in total. The van der Waals surface area contributed by atoms with Gasteiger partial charge in [-0.05, 0) is 32.1 Å². The SMILES string of the molecule is CC/C=C/C=C/C=C/C=C/C=C/C=C/CCCCCC(=O)OC(COCCC(C(=O)[O-])[N+](C)(C)C)COC(=O)CCCCCCCCCCC. The van der Waals surface area contributed by atoms with E-state index in [0.29, 0.717) is 12.8 Å². The van der Waals surface area contributed by atoms with Crippen LogP contribution < -0.4 is 5.11 Å². The minimum atomic E-state index is -1.14. The first-order valence-electron chi connectivity index (χ1n) is 19.0. The smallest absolute Gasteiger partial charge is 0.306 e. The summed E-state index contributed by atoms with van der Waals surface area (Å²) < 4.78 is 17.0. The molecule has 0 bridgehead atoms. The highest BCUT2D eigenvalue weighted by atomic mass is 16.6. The number of nitrogens with zero attached hydrogens (tertiary/aromatic N) is 1. The molecule has 0 aromatic carbocycles. The number of carboxylic acid groups (broad SMARTS) is 1. The van der Waals surface area contributed by atoms with Crippen molar-refractivity contribution in [2.24, 2.45) is 0 Å². The maximum Gasteiger partial charge on any atom is 0.306 e. The number of ether oxygens (including phenoxy) is 3. The Morgan fingerprint density at radius 3 is 1.66 bits per heavy atom. The molecule has 0 heterocycles. The molecule has 284 valence electrons.